The minimum Gasteiger partial charge on any atom is -0.330 e. The fraction of sp³-hybridized carbons (Fsp3) is 0.368. The Hall–Kier alpha value is -2.50. The van der Waals surface area contributed by atoms with Crippen LogP contribution in [0.15, 0.2) is 29.6 Å². The minimum atomic E-state index is -0.569. The standard InChI is InChI=1S/C19H21FN8S2/c1-11-6-16(30-26-11)23-14-7-15(29-13-4-3-5-21-9-13)24-19-17(18(20)25-28(14)19)12-8-22-27(2)10-12/h6-8,10,13,21,23H,3-5,9H2,1-2H3. The van der Waals surface area contributed by atoms with Gasteiger partial charge < -0.3 is 10.6 Å². The van der Waals surface area contributed by atoms with Crippen molar-refractivity contribution in [2.75, 3.05) is 18.4 Å². The average Bonchev–Trinajstić information content (AvgIpc) is 3.41. The van der Waals surface area contributed by atoms with E-state index < -0.39 is 5.95 Å². The highest BCUT2D eigenvalue weighted by molar-refractivity contribution is 7.99. The zero-order chi connectivity index (χ0) is 20.7. The number of fused-ring (bicyclic) bond motifs is 1. The van der Waals surface area contributed by atoms with E-state index in [-0.39, 0.29) is 0 Å². The lowest BCUT2D eigenvalue weighted by Gasteiger charge is -2.22. The lowest BCUT2D eigenvalue weighted by Crippen LogP contribution is -2.31. The quantitative estimate of drug-likeness (QED) is 0.455. The third-order valence-corrected chi connectivity index (χ3v) is 6.92. The van der Waals surface area contributed by atoms with Gasteiger partial charge in [0, 0.05) is 36.7 Å². The molecule has 0 amide bonds. The van der Waals surface area contributed by atoms with Crippen LogP contribution < -0.4 is 10.6 Å². The van der Waals surface area contributed by atoms with E-state index in [0.717, 1.165) is 41.7 Å². The summed E-state index contributed by atoms with van der Waals surface area (Å²) in [6.45, 7) is 3.94. The van der Waals surface area contributed by atoms with Crippen molar-refractivity contribution in [2.45, 2.75) is 30.0 Å². The van der Waals surface area contributed by atoms with Crippen LogP contribution in [0.4, 0.5) is 15.2 Å². The summed E-state index contributed by atoms with van der Waals surface area (Å²) in [5.74, 6) is 0.0875. The second-order valence-electron chi connectivity index (χ2n) is 7.33. The Bertz CT molecular complexity index is 1190. The molecule has 1 aliphatic heterocycles. The molecular formula is C19H21FN8S2. The molecule has 4 aromatic rings. The van der Waals surface area contributed by atoms with Gasteiger partial charge in [0.2, 0.25) is 5.95 Å². The fourth-order valence-corrected chi connectivity index (χ4v) is 5.37. The van der Waals surface area contributed by atoms with Gasteiger partial charge in [-0.3, -0.25) is 4.68 Å². The predicted octanol–water partition coefficient (Wildman–Crippen LogP) is 3.62. The number of nitrogens with zero attached hydrogens (tertiary/aromatic N) is 6. The molecule has 0 aromatic carbocycles. The molecule has 2 N–H and O–H groups in total. The van der Waals surface area contributed by atoms with Crippen molar-refractivity contribution < 1.29 is 4.39 Å². The molecule has 1 aliphatic rings. The van der Waals surface area contributed by atoms with Gasteiger partial charge in [-0.2, -0.15) is 18.4 Å². The number of hydrogen-bond donors (Lipinski definition) is 2. The summed E-state index contributed by atoms with van der Waals surface area (Å²) in [7, 11) is 1.80. The van der Waals surface area contributed by atoms with Crippen molar-refractivity contribution in [1.29, 1.82) is 0 Å². The number of thioether (sulfide) groups is 1. The van der Waals surface area contributed by atoms with Crippen LogP contribution in [0.2, 0.25) is 0 Å². The van der Waals surface area contributed by atoms with Crippen molar-refractivity contribution in [1.82, 2.24) is 34.1 Å². The van der Waals surface area contributed by atoms with Gasteiger partial charge in [0.15, 0.2) is 5.65 Å². The monoisotopic (exact) mass is 444 g/mol. The normalized spacial score (nSPS) is 17.0. The molecular weight excluding hydrogens is 423 g/mol. The van der Waals surface area contributed by atoms with Gasteiger partial charge >= 0.3 is 0 Å². The zero-order valence-corrected chi connectivity index (χ0v) is 18.2. The molecule has 1 saturated heterocycles. The molecule has 8 nitrogen and oxygen atoms in total. The van der Waals surface area contributed by atoms with Crippen LogP contribution in [0.5, 0.6) is 0 Å². The number of piperidine rings is 1. The van der Waals surface area contributed by atoms with Crippen LogP contribution in [-0.4, -0.2) is 47.1 Å². The number of halogens is 1. The molecule has 0 radical (unpaired) electrons. The second kappa shape index (κ2) is 7.97. The molecule has 0 spiro atoms. The smallest absolute Gasteiger partial charge is 0.243 e. The molecule has 11 heteroatoms. The largest absolute Gasteiger partial charge is 0.330 e. The van der Waals surface area contributed by atoms with Gasteiger partial charge in [0.25, 0.3) is 0 Å². The van der Waals surface area contributed by atoms with Gasteiger partial charge in [-0.25, -0.2) is 4.98 Å². The van der Waals surface area contributed by atoms with Crippen LogP contribution in [0.1, 0.15) is 18.5 Å². The first-order valence-electron chi connectivity index (χ1n) is 9.73. The molecule has 0 aliphatic carbocycles. The van der Waals surface area contributed by atoms with Crippen LogP contribution >= 0.6 is 23.3 Å². The third-order valence-electron chi connectivity index (χ3n) is 4.93. The maximum Gasteiger partial charge on any atom is 0.243 e. The molecule has 156 valence electrons. The highest BCUT2D eigenvalue weighted by atomic mass is 32.2. The van der Waals surface area contributed by atoms with Gasteiger partial charge in [-0.1, -0.05) is 0 Å². The van der Waals surface area contributed by atoms with E-state index >= 15 is 0 Å². The first-order chi connectivity index (χ1) is 14.6. The number of hydrogen-bond acceptors (Lipinski definition) is 8. The number of anilines is 2. The topological polar surface area (TPSA) is 85.0 Å². The van der Waals surface area contributed by atoms with E-state index in [0.29, 0.717) is 27.8 Å². The van der Waals surface area contributed by atoms with E-state index in [1.54, 1.807) is 35.9 Å². The first-order valence-corrected chi connectivity index (χ1v) is 11.4. The molecule has 5 heterocycles. The Morgan fingerprint density at radius 1 is 1.37 bits per heavy atom. The molecule has 1 unspecified atom stereocenters. The molecule has 5 rings (SSSR count). The predicted molar refractivity (Wildman–Crippen MR) is 117 cm³/mol. The molecule has 4 aromatic heterocycles. The highest BCUT2D eigenvalue weighted by Crippen LogP contribution is 2.34. The van der Waals surface area contributed by atoms with E-state index in [4.69, 9.17) is 4.98 Å². The third kappa shape index (κ3) is 3.80. The van der Waals surface area contributed by atoms with Crippen LogP contribution in [0.25, 0.3) is 16.8 Å². The number of aryl methyl sites for hydroxylation is 2. The summed E-state index contributed by atoms with van der Waals surface area (Å²) in [4.78, 5) is 4.79. The maximum absolute atomic E-state index is 14.9. The number of rotatable bonds is 5. The SMILES string of the molecule is Cc1cc(Nc2cc(SC3CCCNC3)nc3c(-c4cnn(C)c4)c(F)nn23)sn1. The van der Waals surface area contributed by atoms with Crippen LogP contribution in [0, 0.1) is 12.9 Å². The summed E-state index contributed by atoms with van der Waals surface area (Å²) < 4.78 is 22.4. The molecule has 1 atom stereocenters. The lowest BCUT2D eigenvalue weighted by molar-refractivity contribution is 0.531. The summed E-state index contributed by atoms with van der Waals surface area (Å²) in [6, 6.07) is 3.89. The van der Waals surface area contributed by atoms with Gasteiger partial charge in [0.05, 0.1) is 17.5 Å². The Morgan fingerprint density at radius 2 is 2.27 bits per heavy atom. The van der Waals surface area contributed by atoms with Crippen LogP contribution in [-0.2, 0) is 7.05 Å². The van der Waals surface area contributed by atoms with Crippen molar-refractivity contribution in [3.8, 4) is 11.1 Å². The Balaban J connectivity index is 1.62. The van der Waals surface area contributed by atoms with E-state index in [1.165, 1.54) is 16.0 Å². The highest BCUT2D eigenvalue weighted by Gasteiger charge is 2.22. The van der Waals surface area contributed by atoms with Crippen molar-refractivity contribution >= 4 is 39.8 Å². The molecule has 1 fully saturated rings. The summed E-state index contributed by atoms with van der Waals surface area (Å²) >= 11 is 3.08. The van der Waals surface area contributed by atoms with E-state index in [9.17, 15) is 4.39 Å². The lowest BCUT2D eigenvalue weighted by atomic mass is 10.2. The minimum absolute atomic E-state index is 0.357. The Labute approximate surface area is 181 Å². The first kappa shape index (κ1) is 19.5. The summed E-state index contributed by atoms with van der Waals surface area (Å²) in [5, 5.41) is 17.2. The maximum atomic E-state index is 14.9. The fourth-order valence-electron chi connectivity index (χ4n) is 3.56. The van der Waals surface area contributed by atoms with Gasteiger partial charge in [0.1, 0.15) is 15.8 Å². The van der Waals surface area contributed by atoms with Crippen molar-refractivity contribution in [3.05, 3.63) is 36.2 Å². The van der Waals surface area contributed by atoms with E-state index in [1.807, 2.05) is 19.1 Å². The van der Waals surface area contributed by atoms with Gasteiger partial charge in [-0.05, 0) is 43.9 Å². The molecule has 0 saturated carbocycles. The average molecular weight is 445 g/mol. The number of aromatic nitrogens is 6. The van der Waals surface area contributed by atoms with E-state index in [2.05, 4.69) is 25.2 Å². The zero-order valence-electron chi connectivity index (χ0n) is 16.6. The molecule has 0 bridgehead atoms. The van der Waals surface area contributed by atoms with Crippen LogP contribution in [0.3, 0.4) is 0 Å². The van der Waals surface area contributed by atoms with Gasteiger partial charge in [-0.15, -0.1) is 16.9 Å². The number of nitrogens with one attached hydrogen (secondary N) is 2. The summed E-state index contributed by atoms with van der Waals surface area (Å²) in [5.41, 5.74) is 2.41. The Morgan fingerprint density at radius 3 is 2.97 bits per heavy atom. The van der Waals surface area contributed by atoms with Crippen molar-refractivity contribution in [3.63, 3.8) is 0 Å². The summed E-state index contributed by atoms with van der Waals surface area (Å²) in [6.07, 6.45) is 5.68. The second-order valence-corrected chi connectivity index (χ2v) is 9.45. The Kier molecular flexibility index (Phi) is 5.17. The molecule has 30 heavy (non-hydrogen) atoms. The van der Waals surface area contributed by atoms with Crippen molar-refractivity contribution in [2.24, 2.45) is 7.05 Å².